The number of hydrogen-bond acceptors (Lipinski definition) is 4. The maximum Gasteiger partial charge on any atom is 0.306 e. The summed E-state index contributed by atoms with van der Waals surface area (Å²) in [5.41, 5.74) is 1.34. The van der Waals surface area contributed by atoms with Gasteiger partial charge in [-0.2, -0.15) is 0 Å². The molecule has 1 N–H and O–H groups in total. The molecule has 2 amide bonds. The summed E-state index contributed by atoms with van der Waals surface area (Å²) in [5.74, 6) is -1.64. The average Bonchev–Trinajstić information content (AvgIpc) is 2.84. The minimum Gasteiger partial charge on any atom is -0.481 e. The molecule has 0 saturated carbocycles. The molecule has 2 fully saturated rings. The summed E-state index contributed by atoms with van der Waals surface area (Å²) in [7, 11) is 0. The molecule has 1 atom stereocenters. The second-order valence-electron chi connectivity index (χ2n) is 6.37. The number of carbonyl (C=O) groups excluding carboxylic acids is 2. The maximum absolute atomic E-state index is 12.8. The molecule has 2 heterocycles. The van der Waals surface area contributed by atoms with Crippen molar-refractivity contribution in [2.45, 2.75) is 32.2 Å². The summed E-state index contributed by atoms with van der Waals surface area (Å²) >= 11 is 6.01. The third-order valence-corrected chi connectivity index (χ3v) is 5.09. The Bertz CT molecular complexity index is 698. The predicted octanol–water partition coefficient (Wildman–Crippen LogP) is 2.08. The molecule has 6 nitrogen and oxygen atoms in total. The van der Waals surface area contributed by atoms with Crippen LogP contribution in [0, 0.1) is 12.8 Å². The van der Waals surface area contributed by atoms with E-state index < -0.39 is 12.0 Å². The van der Waals surface area contributed by atoms with Gasteiger partial charge >= 0.3 is 5.97 Å². The number of imide groups is 1. The Morgan fingerprint density at radius 1 is 1.25 bits per heavy atom. The van der Waals surface area contributed by atoms with Gasteiger partial charge in [-0.25, -0.2) is 4.90 Å². The third kappa shape index (κ3) is 3.03. The zero-order valence-electron chi connectivity index (χ0n) is 13.4. The highest BCUT2D eigenvalue weighted by Gasteiger charge is 2.44. The van der Waals surface area contributed by atoms with E-state index in [1.54, 1.807) is 18.2 Å². The fourth-order valence-corrected chi connectivity index (χ4v) is 3.60. The van der Waals surface area contributed by atoms with Crippen LogP contribution >= 0.6 is 11.6 Å². The smallest absolute Gasteiger partial charge is 0.306 e. The molecule has 128 valence electrons. The number of carboxylic acid groups (broad SMARTS) is 1. The zero-order chi connectivity index (χ0) is 17.4. The van der Waals surface area contributed by atoms with E-state index in [2.05, 4.69) is 0 Å². The van der Waals surface area contributed by atoms with Crippen LogP contribution in [0.4, 0.5) is 5.69 Å². The molecule has 2 aliphatic heterocycles. The Kier molecular flexibility index (Phi) is 4.60. The summed E-state index contributed by atoms with van der Waals surface area (Å²) in [5, 5.41) is 9.54. The van der Waals surface area contributed by atoms with Crippen LogP contribution in [0.25, 0.3) is 0 Å². The van der Waals surface area contributed by atoms with E-state index in [9.17, 15) is 14.4 Å². The lowest BCUT2D eigenvalue weighted by Crippen LogP contribution is -2.46. The van der Waals surface area contributed by atoms with E-state index >= 15 is 0 Å². The molecule has 1 aromatic carbocycles. The zero-order valence-corrected chi connectivity index (χ0v) is 14.1. The van der Waals surface area contributed by atoms with Gasteiger partial charge in [0, 0.05) is 5.02 Å². The van der Waals surface area contributed by atoms with Gasteiger partial charge in [-0.05, 0) is 50.6 Å². The van der Waals surface area contributed by atoms with E-state index in [0.717, 1.165) is 5.56 Å². The summed E-state index contributed by atoms with van der Waals surface area (Å²) < 4.78 is 0. The molecule has 3 rings (SSSR count). The van der Waals surface area contributed by atoms with E-state index in [1.807, 2.05) is 11.8 Å². The van der Waals surface area contributed by atoms with Crippen LogP contribution in [-0.2, 0) is 14.4 Å². The molecular formula is C17H19ClN2O4. The fourth-order valence-electron chi connectivity index (χ4n) is 3.44. The van der Waals surface area contributed by atoms with Gasteiger partial charge in [0.2, 0.25) is 5.91 Å². The number of halogens is 1. The minimum absolute atomic E-state index is 0.128. The normalized spacial score (nSPS) is 23.1. The number of piperidine rings is 1. The lowest BCUT2D eigenvalue weighted by atomic mass is 9.95. The van der Waals surface area contributed by atoms with E-state index in [0.29, 0.717) is 36.6 Å². The summed E-state index contributed by atoms with van der Waals surface area (Å²) in [6.07, 6.45) is 1.13. The Labute approximate surface area is 145 Å². The van der Waals surface area contributed by atoms with Crippen LogP contribution < -0.4 is 4.90 Å². The summed E-state index contributed by atoms with van der Waals surface area (Å²) in [6.45, 7) is 2.87. The molecule has 1 unspecified atom stereocenters. The van der Waals surface area contributed by atoms with Crippen molar-refractivity contribution in [3.63, 3.8) is 0 Å². The highest BCUT2D eigenvalue weighted by atomic mass is 35.5. The number of carbonyl (C=O) groups is 3. The number of aliphatic carboxylic acids is 1. The second kappa shape index (κ2) is 6.53. The Hall–Kier alpha value is -1.92. The van der Waals surface area contributed by atoms with Gasteiger partial charge in [-0.1, -0.05) is 17.7 Å². The lowest BCUT2D eigenvalue weighted by molar-refractivity contribution is -0.143. The molecule has 2 aliphatic rings. The van der Waals surface area contributed by atoms with Gasteiger partial charge in [-0.15, -0.1) is 0 Å². The van der Waals surface area contributed by atoms with Crippen LogP contribution in [0.3, 0.4) is 0 Å². The van der Waals surface area contributed by atoms with Crippen molar-refractivity contribution in [1.82, 2.24) is 4.90 Å². The van der Waals surface area contributed by atoms with Gasteiger partial charge in [0.25, 0.3) is 5.91 Å². The molecule has 0 aliphatic carbocycles. The minimum atomic E-state index is -0.792. The first-order chi connectivity index (χ1) is 11.4. The number of carboxylic acids is 1. The van der Waals surface area contributed by atoms with Gasteiger partial charge in [0.1, 0.15) is 0 Å². The van der Waals surface area contributed by atoms with E-state index in [4.69, 9.17) is 16.7 Å². The molecule has 0 bridgehead atoms. The van der Waals surface area contributed by atoms with Crippen molar-refractivity contribution < 1.29 is 19.5 Å². The number of aryl methyl sites for hydroxylation is 1. The average molecular weight is 351 g/mol. The number of amides is 2. The van der Waals surface area contributed by atoms with Gasteiger partial charge in [0.15, 0.2) is 0 Å². The van der Waals surface area contributed by atoms with Gasteiger partial charge in [-0.3, -0.25) is 19.3 Å². The molecule has 7 heteroatoms. The quantitative estimate of drug-likeness (QED) is 0.844. The molecule has 24 heavy (non-hydrogen) atoms. The number of nitrogens with zero attached hydrogens (tertiary/aromatic N) is 2. The molecule has 0 spiro atoms. The van der Waals surface area contributed by atoms with Crippen LogP contribution in [0.2, 0.25) is 5.02 Å². The Balaban J connectivity index is 1.78. The van der Waals surface area contributed by atoms with Crippen LogP contribution in [0.15, 0.2) is 18.2 Å². The molecule has 0 radical (unpaired) electrons. The predicted molar refractivity (Wildman–Crippen MR) is 89.0 cm³/mol. The summed E-state index contributed by atoms with van der Waals surface area (Å²) in [6, 6.07) is 4.63. The molecule has 1 aromatic rings. The van der Waals surface area contributed by atoms with E-state index in [-0.39, 0.29) is 24.2 Å². The van der Waals surface area contributed by atoms with Gasteiger partial charge < -0.3 is 5.11 Å². The first-order valence-electron chi connectivity index (χ1n) is 7.98. The van der Waals surface area contributed by atoms with Crippen molar-refractivity contribution in [1.29, 1.82) is 0 Å². The first kappa shape index (κ1) is 16.9. The number of likely N-dealkylation sites (tertiary alicyclic amines) is 1. The summed E-state index contributed by atoms with van der Waals surface area (Å²) in [4.78, 5) is 39.4. The lowest BCUT2D eigenvalue weighted by Gasteiger charge is -2.33. The fraction of sp³-hybridized carbons (Fsp3) is 0.471. The SMILES string of the molecule is Cc1ccc(Cl)cc1N1C(=O)CC(N2CCC(C(=O)O)CC2)C1=O. The Morgan fingerprint density at radius 2 is 1.92 bits per heavy atom. The van der Waals surface area contributed by atoms with Crippen LogP contribution in [-0.4, -0.2) is 46.9 Å². The Morgan fingerprint density at radius 3 is 2.54 bits per heavy atom. The van der Waals surface area contributed by atoms with Crippen LogP contribution in [0.5, 0.6) is 0 Å². The highest BCUT2D eigenvalue weighted by molar-refractivity contribution is 6.31. The van der Waals surface area contributed by atoms with Crippen molar-refractivity contribution in [3.8, 4) is 0 Å². The van der Waals surface area contributed by atoms with Crippen molar-refractivity contribution in [2.24, 2.45) is 5.92 Å². The van der Waals surface area contributed by atoms with E-state index in [1.165, 1.54) is 4.90 Å². The van der Waals surface area contributed by atoms with Crippen molar-refractivity contribution in [3.05, 3.63) is 28.8 Å². The maximum atomic E-state index is 12.8. The third-order valence-electron chi connectivity index (χ3n) is 4.85. The van der Waals surface area contributed by atoms with Crippen LogP contribution in [0.1, 0.15) is 24.8 Å². The van der Waals surface area contributed by atoms with Gasteiger partial charge in [0.05, 0.1) is 24.1 Å². The second-order valence-corrected chi connectivity index (χ2v) is 6.80. The number of benzene rings is 1. The monoisotopic (exact) mass is 350 g/mol. The number of rotatable bonds is 3. The molecule has 2 saturated heterocycles. The standard InChI is InChI=1S/C17H19ClN2O4/c1-10-2-3-12(18)8-13(10)20-15(21)9-14(16(20)22)19-6-4-11(5-7-19)17(23)24/h2-3,8,11,14H,4-7,9H2,1H3,(H,23,24). The number of hydrogen-bond donors (Lipinski definition) is 1. The highest BCUT2D eigenvalue weighted by Crippen LogP contribution is 2.32. The molecule has 0 aromatic heterocycles. The van der Waals surface area contributed by atoms with Crippen molar-refractivity contribution >= 4 is 35.1 Å². The first-order valence-corrected chi connectivity index (χ1v) is 8.36. The largest absolute Gasteiger partial charge is 0.481 e. The number of anilines is 1. The molecular weight excluding hydrogens is 332 g/mol. The van der Waals surface area contributed by atoms with Crippen molar-refractivity contribution in [2.75, 3.05) is 18.0 Å². The topological polar surface area (TPSA) is 77.9 Å².